The summed E-state index contributed by atoms with van der Waals surface area (Å²) in [6.07, 6.45) is -0.484. The molecule has 0 aliphatic carbocycles. The molecule has 2 aromatic carbocycles. The van der Waals surface area contributed by atoms with Crippen LogP contribution in [-0.4, -0.2) is 15.3 Å². The number of thioether (sulfide) groups is 1. The van der Waals surface area contributed by atoms with Gasteiger partial charge in [0.05, 0.1) is 16.3 Å². The Morgan fingerprint density at radius 2 is 1.81 bits per heavy atom. The Morgan fingerprint density at radius 3 is 2.52 bits per heavy atom. The van der Waals surface area contributed by atoms with E-state index in [1.54, 1.807) is 23.1 Å². The molecule has 0 bridgehead atoms. The molecule has 2 nitrogen and oxygen atoms in total. The largest absolute Gasteiger partial charge is 0.387 e. The summed E-state index contributed by atoms with van der Waals surface area (Å²) in [5, 5.41) is 10.5. The van der Waals surface area contributed by atoms with E-state index in [9.17, 15) is 5.11 Å². The van der Waals surface area contributed by atoms with Gasteiger partial charge in [0.25, 0.3) is 0 Å². The average molecular weight is 315 g/mol. The lowest BCUT2D eigenvalue weighted by atomic mass is 10.1. The van der Waals surface area contributed by atoms with Crippen LogP contribution in [0.25, 0.3) is 10.2 Å². The first-order valence-electron chi connectivity index (χ1n) is 6.90. The Labute approximate surface area is 132 Å². The lowest BCUT2D eigenvalue weighted by Gasteiger charge is -2.17. The lowest BCUT2D eigenvalue weighted by molar-refractivity contribution is 0.179. The van der Waals surface area contributed by atoms with Crippen LogP contribution in [0.5, 0.6) is 0 Å². The van der Waals surface area contributed by atoms with Gasteiger partial charge in [-0.1, -0.05) is 60.6 Å². The quantitative estimate of drug-likeness (QED) is 0.701. The molecule has 2 unspecified atom stereocenters. The Hall–Kier alpha value is -1.36. The van der Waals surface area contributed by atoms with Gasteiger partial charge in [-0.3, -0.25) is 0 Å². The lowest BCUT2D eigenvalue weighted by Crippen LogP contribution is -2.11. The van der Waals surface area contributed by atoms with Crippen LogP contribution < -0.4 is 0 Å². The number of thiazole rings is 1. The van der Waals surface area contributed by atoms with Gasteiger partial charge in [-0.05, 0) is 24.6 Å². The van der Waals surface area contributed by atoms with E-state index in [-0.39, 0.29) is 5.25 Å². The summed E-state index contributed by atoms with van der Waals surface area (Å²) in [6, 6.07) is 16.2. The van der Waals surface area contributed by atoms with E-state index >= 15 is 0 Å². The fourth-order valence-electron chi connectivity index (χ4n) is 2.16. The molecule has 2 atom stereocenters. The summed E-state index contributed by atoms with van der Waals surface area (Å²) in [7, 11) is 0. The zero-order chi connectivity index (χ0) is 14.8. The summed E-state index contributed by atoms with van der Waals surface area (Å²) in [5.74, 6) is 0. The first-order valence-corrected chi connectivity index (χ1v) is 8.60. The van der Waals surface area contributed by atoms with Crippen molar-refractivity contribution >= 4 is 33.3 Å². The highest BCUT2D eigenvalue weighted by Gasteiger charge is 2.19. The number of benzene rings is 2. The second-order valence-corrected chi connectivity index (χ2v) is 7.78. The van der Waals surface area contributed by atoms with E-state index < -0.39 is 6.10 Å². The van der Waals surface area contributed by atoms with E-state index in [0.717, 1.165) is 15.4 Å². The maximum absolute atomic E-state index is 10.5. The molecule has 1 N–H and O–H groups in total. The highest BCUT2D eigenvalue weighted by atomic mass is 32.2. The number of fused-ring (bicyclic) bond motifs is 1. The Morgan fingerprint density at radius 1 is 1.10 bits per heavy atom. The summed E-state index contributed by atoms with van der Waals surface area (Å²) in [4.78, 5) is 4.61. The third-order valence-electron chi connectivity index (χ3n) is 3.42. The van der Waals surface area contributed by atoms with Gasteiger partial charge >= 0.3 is 0 Å². The number of nitrogens with zero attached hydrogens (tertiary/aromatic N) is 1. The number of para-hydroxylation sites is 1. The van der Waals surface area contributed by atoms with E-state index in [1.165, 1.54) is 10.3 Å². The molecule has 0 spiro atoms. The molecular weight excluding hydrogens is 298 g/mol. The topological polar surface area (TPSA) is 33.1 Å². The van der Waals surface area contributed by atoms with Crippen molar-refractivity contribution in [3.8, 4) is 0 Å². The summed E-state index contributed by atoms with van der Waals surface area (Å²) in [6.45, 7) is 4.09. The number of aliphatic hydroxyl groups is 1. The summed E-state index contributed by atoms with van der Waals surface area (Å²) >= 11 is 3.32. The molecule has 1 aromatic heterocycles. The van der Waals surface area contributed by atoms with Crippen LogP contribution in [0.4, 0.5) is 0 Å². The van der Waals surface area contributed by atoms with Crippen LogP contribution in [0.2, 0.25) is 0 Å². The standard InChI is InChI=1S/C17H17NOS2/c1-11-7-9-13(10-8-11)16(19)12(2)20-17-18-14-5-3-4-6-15(14)21-17/h3-10,12,16,19H,1-2H3. The van der Waals surface area contributed by atoms with E-state index in [1.807, 2.05) is 49.4 Å². The van der Waals surface area contributed by atoms with Crippen molar-refractivity contribution < 1.29 is 5.11 Å². The zero-order valence-corrected chi connectivity index (χ0v) is 13.6. The molecule has 0 fully saturated rings. The van der Waals surface area contributed by atoms with Gasteiger partial charge in [-0.25, -0.2) is 4.98 Å². The number of hydrogen-bond acceptors (Lipinski definition) is 4. The van der Waals surface area contributed by atoms with Gasteiger partial charge < -0.3 is 5.11 Å². The fourth-order valence-corrected chi connectivity index (χ4v) is 4.53. The second-order valence-electron chi connectivity index (χ2n) is 5.13. The number of rotatable bonds is 4. The van der Waals surface area contributed by atoms with Crippen molar-refractivity contribution in [1.29, 1.82) is 0 Å². The maximum Gasteiger partial charge on any atom is 0.151 e. The van der Waals surface area contributed by atoms with Crippen molar-refractivity contribution in [2.75, 3.05) is 0 Å². The van der Waals surface area contributed by atoms with E-state index in [2.05, 4.69) is 18.0 Å². The number of hydrogen-bond donors (Lipinski definition) is 1. The maximum atomic E-state index is 10.5. The predicted molar refractivity (Wildman–Crippen MR) is 91.1 cm³/mol. The van der Waals surface area contributed by atoms with Crippen molar-refractivity contribution in [2.24, 2.45) is 0 Å². The van der Waals surface area contributed by atoms with Crippen LogP contribution >= 0.6 is 23.1 Å². The van der Waals surface area contributed by atoms with Gasteiger partial charge in [0, 0.05) is 5.25 Å². The minimum Gasteiger partial charge on any atom is -0.387 e. The highest BCUT2D eigenvalue weighted by molar-refractivity contribution is 8.01. The van der Waals surface area contributed by atoms with Crippen LogP contribution in [0.15, 0.2) is 52.9 Å². The Bertz CT molecular complexity index is 703. The van der Waals surface area contributed by atoms with Crippen LogP contribution in [0.3, 0.4) is 0 Å². The van der Waals surface area contributed by atoms with Crippen molar-refractivity contribution in [3.63, 3.8) is 0 Å². The first-order chi connectivity index (χ1) is 10.1. The number of aryl methyl sites for hydroxylation is 1. The molecule has 0 aliphatic rings. The van der Waals surface area contributed by atoms with Crippen LogP contribution in [-0.2, 0) is 0 Å². The monoisotopic (exact) mass is 315 g/mol. The molecule has 0 radical (unpaired) electrons. The third kappa shape index (κ3) is 3.28. The van der Waals surface area contributed by atoms with Crippen LogP contribution in [0, 0.1) is 6.92 Å². The van der Waals surface area contributed by atoms with Crippen molar-refractivity contribution in [1.82, 2.24) is 4.98 Å². The highest BCUT2D eigenvalue weighted by Crippen LogP contribution is 2.36. The zero-order valence-electron chi connectivity index (χ0n) is 12.0. The molecule has 4 heteroatoms. The van der Waals surface area contributed by atoms with Gasteiger partial charge in [0.15, 0.2) is 4.34 Å². The summed E-state index contributed by atoms with van der Waals surface area (Å²) < 4.78 is 2.20. The Kier molecular flexibility index (Phi) is 4.29. The normalized spacial score (nSPS) is 14.2. The second kappa shape index (κ2) is 6.18. The average Bonchev–Trinajstić information content (AvgIpc) is 2.89. The number of aliphatic hydroxyl groups excluding tert-OH is 1. The fraction of sp³-hybridized carbons (Fsp3) is 0.235. The predicted octanol–water partition coefficient (Wildman–Crippen LogP) is 4.82. The van der Waals surface area contributed by atoms with Gasteiger partial charge in [0.2, 0.25) is 0 Å². The van der Waals surface area contributed by atoms with Crippen molar-refractivity contribution in [3.05, 3.63) is 59.7 Å². The molecule has 21 heavy (non-hydrogen) atoms. The molecule has 0 saturated heterocycles. The smallest absolute Gasteiger partial charge is 0.151 e. The van der Waals surface area contributed by atoms with Gasteiger partial charge in [-0.2, -0.15) is 0 Å². The Balaban J connectivity index is 1.75. The molecule has 3 aromatic rings. The molecule has 3 rings (SSSR count). The van der Waals surface area contributed by atoms with Gasteiger partial charge in [-0.15, -0.1) is 11.3 Å². The molecule has 0 aliphatic heterocycles. The van der Waals surface area contributed by atoms with Crippen LogP contribution in [0.1, 0.15) is 24.2 Å². The molecule has 108 valence electrons. The SMILES string of the molecule is Cc1ccc(C(O)C(C)Sc2nc3ccccc3s2)cc1. The third-order valence-corrected chi connectivity index (χ3v) is 5.72. The number of aromatic nitrogens is 1. The first kappa shape index (κ1) is 14.6. The van der Waals surface area contributed by atoms with E-state index in [4.69, 9.17) is 0 Å². The molecule has 0 saturated carbocycles. The molecule has 0 amide bonds. The van der Waals surface area contributed by atoms with E-state index in [0.29, 0.717) is 0 Å². The van der Waals surface area contributed by atoms with Crippen molar-refractivity contribution in [2.45, 2.75) is 29.5 Å². The minimum atomic E-state index is -0.484. The molecule has 1 heterocycles. The minimum absolute atomic E-state index is 0.0632. The molecular formula is C17H17NOS2. The van der Waals surface area contributed by atoms with Gasteiger partial charge in [0.1, 0.15) is 0 Å². The summed E-state index contributed by atoms with van der Waals surface area (Å²) in [5.41, 5.74) is 3.20.